The predicted octanol–water partition coefficient (Wildman–Crippen LogP) is 0.239. The summed E-state index contributed by atoms with van der Waals surface area (Å²) in [5, 5.41) is 0.571. The van der Waals surface area contributed by atoms with E-state index in [0.717, 1.165) is 19.3 Å². The summed E-state index contributed by atoms with van der Waals surface area (Å²) in [5.41, 5.74) is 10.4. The monoisotopic (exact) mass is 320 g/mol. The molecule has 1 aliphatic rings. The van der Waals surface area contributed by atoms with Crippen LogP contribution in [-0.4, -0.2) is 35.4 Å². The lowest BCUT2D eigenvalue weighted by Gasteiger charge is -2.12. The van der Waals surface area contributed by atoms with Crippen molar-refractivity contribution in [2.75, 3.05) is 6.54 Å². The van der Waals surface area contributed by atoms with Crippen molar-refractivity contribution in [3.8, 4) is 0 Å². The summed E-state index contributed by atoms with van der Waals surface area (Å²) >= 11 is 0. The van der Waals surface area contributed by atoms with Crippen molar-refractivity contribution in [3.63, 3.8) is 0 Å². The number of aliphatic imine (C=N–C) groups is 1. The molecule has 21 heavy (non-hydrogen) atoms. The molecule has 0 unspecified atom stereocenters. The van der Waals surface area contributed by atoms with Gasteiger partial charge in [-0.2, -0.15) is 0 Å². The topological polar surface area (TPSA) is 128 Å². The summed E-state index contributed by atoms with van der Waals surface area (Å²) in [6, 6.07) is 0. The third-order valence-corrected chi connectivity index (χ3v) is 2.78. The van der Waals surface area contributed by atoms with Crippen molar-refractivity contribution in [1.29, 1.82) is 0 Å². The summed E-state index contributed by atoms with van der Waals surface area (Å²) < 4.78 is 0. The Morgan fingerprint density at radius 2 is 1.67 bits per heavy atom. The molecule has 0 atom stereocenters. The van der Waals surface area contributed by atoms with Crippen LogP contribution in [-0.2, 0) is 19.2 Å². The Bertz CT molecular complexity index is 394. The number of carbonyl (C=O) groups excluding carboxylic acids is 3. The Morgan fingerprint density at radius 1 is 1.10 bits per heavy atom. The highest BCUT2D eigenvalue weighted by Gasteiger charge is 2.32. The summed E-state index contributed by atoms with van der Waals surface area (Å²) in [5.74, 6) is -1.40. The van der Waals surface area contributed by atoms with Crippen LogP contribution in [0, 0.1) is 0 Å². The average Bonchev–Trinajstić information content (AvgIpc) is 2.69. The number of guanidine groups is 1. The van der Waals surface area contributed by atoms with E-state index in [-0.39, 0.29) is 37.6 Å². The Labute approximate surface area is 129 Å². The van der Waals surface area contributed by atoms with Gasteiger partial charge >= 0.3 is 5.97 Å². The minimum Gasteiger partial charge on any atom is -0.370 e. The van der Waals surface area contributed by atoms with Gasteiger partial charge in [0.1, 0.15) is 0 Å². The van der Waals surface area contributed by atoms with Crippen molar-refractivity contribution in [3.05, 3.63) is 0 Å². The zero-order valence-corrected chi connectivity index (χ0v) is 12.6. The van der Waals surface area contributed by atoms with Crippen LogP contribution in [0.2, 0.25) is 0 Å². The molecule has 0 aromatic rings. The highest BCUT2D eigenvalue weighted by atomic mass is 35.5. The lowest BCUT2D eigenvalue weighted by Crippen LogP contribution is -2.31. The van der Waals surface area contributed by atoms with Crippen LogP contribution < -0.4 is 11.5 Å². The fourth-order valence-corrected chi connectivity index (χ4v) is 1.75. The van der Waals surface area contributed by atoms with Gasteiger partial charge in [0.25, 0.3) is 11.8 Å². The smallest absolute Gasteiger partial charge is 0.333 e. The maximum absolute atomic E-state index is 11.4. The van der Waals surface area contributed by atoms with Gasteiger partial charge in [0.2, 0.25) is 0 Å². The van der Waals surface area contributed by atoms with E-state index < -0.39 is 17.8 Å². The molecule has 0 radical (unpaired) electrons. The number of hydroxylamine groups is 2. The van der Waals surface area contributed by atoms with Crippen molar-refractivity contribution in [2.24, 2.45) is 16.5 Å². The highest BCUT2D eigenvalue weighted by Crippen LogP contribution is 2.13. The lowest BCUT2D eigenvalue weighted by molar-refractivity contribution is -0.197. The summed E-state index contributed by atoms with van der Waals surface area (Å²) in [6.07, 6.45) is 3.60. The van der Waals surface area contributed by atoms with E-state index in [1.54, 1.807) is 0 Å². The van der Waals surface area contributed by atoms with Crippen LogP contribution in [0.5, 0.6) is 0 Å². The van der Waals surface area contributed by atoms with E-state index >= 15 is 0 Å². The van der Waals surface area contributed by atoms with Crippen LogP contribution in [0.1, 0.15) is 44.9 Å². The van der Waals surface area contributed by atoms with Gasteiger partial charge in [0.15, 0.2) is 5.96 Å². The Kier molecular flexibility index (Phi) is 9.11. The molecule has 0 aliphatic carbocycles. The number of halogens is 1. The molecule has 0 bridgehead atoms. The third-order valence-electron chi connectivity index (χ3n) is 2.78. The van der Waals surface area contributed by atoms with E-state index in [0.29, 0.717) is 18.0 Å². The minimum absolute atomic E-state index is 0. The Morgan fingerprint density at radius 3 is 2.24 bits per heavy atom. The molecule has 1 saturated heterocycles. The lowest BCUT2D eigenvalue weighted by atomic mass is 10.1. The zero-order chi connectivity index (χ0) is 15.0. The number of carbonyl (C=O) groups is 3. The summed E-state index contributed by atoms with van der Waals surface area (Å²) in [6.45, 7) is 0.573. The summed E-state index contributed by atoms with van der Waals surface area (Å²) in [7, 11) is 0. The van der Waals surface area contributed by atoms with Crippen LogP contribution >= 0.6 is 12.4 Å². The van der Waals surface area contributed by atoms with Gasteiger partial charge in [-0.3, -0.25) is 14.6 Å². The van der Waals surface area contributed by atoms with Crippen LogP contribution in [0.15, 0.2) is 4.99 Å². The third kappa shape index (κ3) is 7.50. The maximum atomic E-state index is 11.4. The van der Waals surface area contributed by atoms with Crippen LogP contribution in [0.3, 0.4) is 0 Å². The van der Waals surface area contributed by atoms with Crippen LogP contribution in [0.4, 0.5) is 0 Å². The number of imide groups is 1. The van der Waals surface area contributed by atoms with Gasteiger partial charge < -0.3 is 16.3 Å². The standard InChI is InChI=1S/C12H20N4O4.ClH/c13-12(14)15-8-4-2-1-3-5-11(19)20-16-9(17)6-7-10(16)18;/h1-8H2,(H4,13,14,15);1H. The molecule has 9 heteroatoms. The van der Waals surface area contributed by atoms with Gasteiger partial charge in [0.05, 0.1) is 0 Å². The molecule has 1 rings (SSSR count). The van der Waals surface area contributed by atoms with Gasteiger partial charge in [-0.15, -0.1) is 17.5 Å². The quantitative estimate of drug-likeness (QED) is 0.285. The van der Waals surface area contributed by atoms with Crippen molar-refractivity contribution >= 4 is 36.2 Å². The van der Waals surface area contributed by atoms with Gasteiger partial charge in [-0.1, -0.05) is 12.8 Å². The molecule has 8 nitrogen and oxygen atoms in total. The first kappa shape index (κ1) is 19.2. The molecule has 1 fully saturated rings. The number of hydrogen-bond donors (Lipinski definition) is 2. The number of nitrogens with zero attached hydrogens (tertiary/aromatic N) is 2. The molecule has 1 aliphatic heterocycles. The number of amides is 2. The minimum atomic E-state index is -0.558. The molecule has 0 aromatic heterocycles. The van der Waals surface area contributed by atoms with Gasteiger partial charge in [0, 0.05) is 25.8 Å². The molecular weight excluding hydrogens is 300 g/mol. The van der Waals surface area contributed by atoms with Crippen molar-refractivity contribution in [1.82, 2.24) is 5.06 Å². The van der Waals surface area contributed by atoms with E-state index in [4.69, 9.17) is 16.3 Å². The van der Waals surface area contributed by atoms with E-state index in [1.807, 2.05) is 0 Å². The van der Waals surface area contributed by atoms with E-state index in [9.17, 15) is 14.4 Å². The van der Waals surface area contributed by atoms with E-state index in [1.165, 1.54) is 0 Å². The second-order valence-electron chi connectivity index (χ2n) is 4.52. The second-order valence-corrected chi connectivity index (χ2v) is 4.52. The fraction of sp³-hybridized carbons (Fsp3) is 0.667. The number of unbranched alkanes of at least 4 members (excludes halogenated alkanes) is 3. The summed E-state index contributed by atoms with van der Waals surface area (Å²) in [4.78, 5) is 42.5. The van der Waals surface area contributed by atoms with Gasteiger partial charge in [-0.05, 0) is 12.8 Å². The molecule has 120 valence electrons. The second kappa shape index (κ2) is 9.98. The number of rotatable bonds is 8. The molecule has 2 amide bonds. The van der Waals surface area contributed by atoms with Crippen LogP contribution in [0.25, 0.3) is 0 Å². The SMILES string of the molecule is Cl.NC(N)=NCCCCCCC(=O)ON1C(=O)CCC1=O. The molecule has 0 spiro atoms. The molecule has 0 aromatic carbocycles. The predicted molar refractivity (Wildman–Crippen MR) is 78.2 cm³/mol. The Balaban J connectivity index is 0.00000400. The average molecular weight is 321 g/mol. The first-order valence-electron chi connectivity index (χ1n) is 6.62. The Hall–Kier alpha value is -1.83. The molecule has 4 N–H and O–H groups in total. The first-order valence-corrected chi connectivity index (χ1v) is 6.62. The fourth-order valence-electron chi connectivity index (χ4n) is 1.75. The number of hydrogen-bond acceptors (Lipinski definition) is 5. The van der Waals surface area contributed by atoms with E-state index in [2.05, 4.69) is 4.99 Å². The molecule has 0 saturated carbocycles. The zero-order valence-electron chi connectivity index (χ0n) is 11.7. The normalized spacial score (nSPS) is 13.8. The maximum Gasteiger partial charge on any atom is 0.333 e. The highest BCUT2D eigenvalue weighted by molar-refractivity contribution is 6.01. The van der Waals surface area contributed by atoms with Crippen molar-refractivity contribution < 1.29 is 19.2 Å². The number of nitrogens with two attached hydrogens (primary N) is 2. The molecular formula is C12H21ClN4O4. The molecule has 1 heterocycles. The first-order chi connectivity index (χ1) is 9.50. The largest absolute Gasteiger partial charge is 0.370 e. The van der Waals surface area contributed by atoms with Crippen molar-refractivity contribution in [2.45, 2.75) is 44.9 Å². The van der Waals surface area contributed by atoms with Gasteiger partial charge in [-0.25, -0.2) is 4.79 Å².